The number of primary sulfonamides is 1. The average molecular weight is 270 g/mol. The van der Waals surface area contributed by atoms with E-state index in [-0.39, 0.29) is 18.9 Å². The second-order valence-electron chi connectivity index (χ2n) is 4.28. The number of nitrogen functional groups attached to an aromatic ring is 1. The van der Waals surface area contributed by atoms with E-state index in [0.29, 0.717) is 17.2 Å². The van der Waals surface area contributed by atoms with Crippen molar-refractivity contribution >= 4 is 27.4 Å². The molecule has 0 aliphatic carbocycles. The van der Waals surface area contributed by atoms with Gasteiger partial charge in [0, 0.05) is 18.7 Å². The second kappa shape index (κ2) is 4.21. The molecule has 1 atom stereocenters. The lowest BCUT2D eigenvalue weighted by atomic mass is 10.3. The van der Waals surface area contributed by atoms with Gasteiger partial charge in [0.25, 0.3) is 0 Å². The summed E-state index contributed by atoms with van der Waals surface area (Å²) in [6, 6.07) is 3.35. The van der Waals surface area contributed by atoms with Crippen LogP contribution in [0.15, 0.2) is 12.1 Å². The van der Waals surface area contributed by atoms with Crippen molar-refractivity contribution in [3.05, 3.63) is 17.8 Å². The van der Waals surface area contributed by atoms with Crippen LogP contribution in [0.2, 0.25) is 0 Å². The minimum atomic E-state index is -3.73. The van der Waals surface area contributed by atoms with Gasteiger partial charge in [-0.2, -0.15) is 0 Å². The van der Waals surface area contributed by atoms with Crippen LogP contribution in [0.25, 0.3) is 0 Å². The number of aryl methyl sites for hydroxylation is 1. The number of carbonyl (C=O) groups excluding carboxylic acids is 1. The Morgan fingerprint density at radius 2 is 2.11 bits per heavy atom. The number of hydrogen-bond donors (Lipinski definition) is 2. The quantitative estimate of drug-likeness (QED) is 0.741. The fraction of sp³-hybridized carbons (Fsp3) is 0.400. The van der Waals surface area contributed by atoms with Gasteiger partial charge in [0.15, 0.2) is 5.82 Å². The van der Waals surface area contributed by atoms with Crippen molar-refractivity contribution in [3.63, 3.8) is 0 Å². The third kappa shape index (κ3) is 2.29. The molecule has 2 heterocycles. The summed E-state index contributed by atoms with van der Waals surface area (Å²) in [4.78, 5) is 17.2. The summed E-state index contributed by atoms with van der Waals surface area (Å²) in [6.07, 6.45) is -0.131. The standard InChI is InChI=1S/C10H14N4O3S/c1-6-2-3-8(11)10(13-6)14-5-7(4-9(14)15)18(12,16)17/h2-3,7H,4-5,11H2,1H3,(H2,12,16,17). The molecule has 1 aromatic rings. The largest absolute Gasteiger partial charge is 0.396 e. The smallest absolute Gasteiger partial charge is 0.229 e. The minimum Gasteiger partial charge on any atom is -0.396 e. The molecule has 1 saturated heterocycles. The third-order valence-electron chi connectivity index (χ3n) is 2.85. The van der Waals surface area contributed by atoms with Gasteiger partial charge >= 0.3 is 0 Å². The molecule has 98 valence electrons. The lowest BCUT2D eigenvalue weighted by Gasteiger charge is -2.17. The van der Waals surface area contributed by atoms with Crippen molar-refractivity contribution in [2.45, 2.75) is 18.6 Å². The van der Waals surface area contributed by atoms with Crippen LogP contribution in [0.1, 0.15) is 12.1 Å². The first-order chi connectivity index (χ1) is 8.29. The molecule has 1 unspecified atom stereocenters. The zero-order chi connectivity index (χ0) is 13.5. The van der Waals surface area contributed by atoms with Crippen molar-refractivity contribution in [1.82, 2.24) is 4.98 Å². The highest BCUT2D eigenvalue weighted by Crippen LogP contribution is 2.27. The topological polar surface area (TPSA) is 119 Å². The number of carbonyl (C=O) groups is 1. The maximum absolute atomic E-state index is 11.8. The molecule has 0 aromatic carbocycles. The maximum Gasteiger partial charge on any atom is 0.229 e. The predicted octanol–water partition coefficient (Wildman–Crippen LogP) is -0.634. The van der Waals surface area contributed by atoms with Crippen LogP contribution < -0.4 is 15.8 Å². The summed E-state index contributed by atoms with van der Waals surface area (Å²) in [5.41, 5.74) is 6.79. The minimum absolute atomic E-state index is 0.00167. The molecular weight excluding hydrogens is 256 g/mol. The number of aromatic nitrogens is 1. The van der Waals surface area contributed by atoms with E-state index in [4.69, 9.17) is 10.9 Å². The number of amides is 1. The lowest BCUT2D eigenvalue weighted by molar-refractivity contribution is -0.117. The Morgan fingerprint density at radius 1 is 1.44 bits per heavy atom. The Hall–Kier alpha value is -1.67. The highest BCUT2D eigenvalue weighted by atomic mass is 32.2. The van der Waals surface area contributed by atoms with E-state index < -0.39 is 15.3 Å². The molecule has 4 N–H and O–H groups in total. The summed E-state index contributed by atoms with van der Waals surface area (Å²) in [5.74, 6) is -0.0371. The molecule has 7 nitrogen and oxygen atoms in total. The third-order valence-corrected chi connectivity index (χ3v) is 4.10. The molecule has 8 heteroatoms. The number of nitrogens with two attached hydrogens (primary N) is 2. The van der Waals surface area contributed by atoms with E-state index in [2.05, 4.69) is 4.98 Å². The number of pyridine rings is 1. The highest BCUT2D eigenvalue weighted by molar-refractivity contribution is 7.89. The molecule has 2 rings (SSSR count). The lowest BCUT2D eigenvalue weighted by Crippen LogP contribution is -2.32. The van der Waals surface area contributed by atoms with Gasteiger partial charge in [-0.15, -0.1) is 0 Å². The van der Waals surface area contributed by atoms with Crippen LogP contribution in [0.3, 0.4) is 0 Å². The SMILES string of the molecule is Cc1ccc(N)c(N2CC(S(N)(=O)=O)CC2=O)n1. The summed E-state index contributed by atoms with van der Waals surface area (Å²) in [6.45, 7) is 1.76. The van der Waals surface area contributed by atoms with E-state index in [0.717, 1.165) is 0 Å². The van der Waals surface area contributed by atoms with E-state index in [1.807, 2.05) is 0 Å². The van der Waals surface area contributed by atoms with Crippen LogP contribution in [-0.2, 0) is 14.8 Å². The molecule has 0 spiro atoms. The number of hydrogen-bond acceptors (Lipinski definition) is 5. The van der Waals surface area contributed by atoms with Crippen molar-refractivity contribution in [1.29, 1.82) is 0 Å². The fourth-order valence-electron chi connectivity index (χ4n) is 1.87. The van der Waals surface area contributed by atoms with E-state index >= 15 is 0 Å². The van der Waals surface area contributed by atoms with Crippen LogP contribution in [0.4, 0.5) is 11.5 Å². The van der Waals surface area contributed by atoms with Crippen LogP contribution >= 0.6 is 0 Å². The van der Waals surface area contributed by atoms with Gasteiger partial charge in [0.2, 0.25) is 15.9 Å². The molecule has 0 saturated carbocycles. The molecule has 18 heavy (non-hydrogen) atoms. The molecule has 1 amide bonds. The van der Waals surface area contributed by atoms with Gasteiger partial charge in [0.05, 0.1) is 5.69 Å². The van der Waals surface area contributed by atoms with Crippen LogP contribution in [-0.4, -0.2) is 31.1 Å². The van der Waals surface area contributed by atoms with Crippen molar-refractivity contribution < 1.29 is 13.2 Å². The molecular formula is C10H14N4O3S. The molecule has 1 aromatic heterocycles. The van der Waals surface area contributed by atoms with Gasteiger partial charge in [-0.1, -0.05) is 0 Å². The second-order valence-corrected chi connectivity index (χ2v) is 6.13. The van der Waals surface area contributed by atoms with Crippen molar-refractivity contribution in [2.24, 2.45) is 5.14 Å². The zero-order valence-electron chi connectivity index (χ0n) is 9.83. The summed E-state index contributed by atoms with van der Waals surface area (Å²) in [5, 5.41) is 4.16. The summed E-state index contributed by atoms with van der Waals surface area (Å²) < 4.78 is 22.5. The Bertz CT molecular complexity index is 599. The number of rotatable bonds is 2. The highest BCUT2D eigenvalue weighted by Gasteiger charge is 2.38. The van der Waals surface area contributed by atoms with E-state index in [9.17, 15) is 13.2 Å². The first kappa shape index (κ1) is 12.8. The molecule has 0 radical (unpaired) electrons. The average Bonchev–Trinajstić information content (AvgIpc) is 2.64. The Morgan fingerprint density at radius 3 is 2.67 bits per heavy atom. The normalized spacial score (nSPS) is 20.4. The summed E-state index contributed by atoms with van der Waals surface area (Å²) >= 11 is 0. The molecule has 0 bridgehead atoms. The molecule has 1 aliphatic heterocycles. The number of sulfonamides is 1. The van der Waals surface area contributed by atoms with E-state index in [1.165, 1.54) is 4.90 Å². The predicted molar refractivity (Wildman–Crippen MR) is 67.3 cm³/mol. The van der Waals surface area contributed by atoms with Crippen LogP contribution in [0, 0.1) is 6.92 Å². The molecule has 1 fully saturated rings. The first-order valence-electron chi connectivity index (χ1n) is 5.34. The summed E-state index contributed by atoms with van der Waals surface area (Å²) in [7, 11) is -3.73. The molecule has 1 aliphatic rings. The Kier molecular flexibility index (Phi) is 2.99. The monoisotopic (exact) mass is 270 g/mol. The van der Waals surface area contributed by atoms with Crippen LogP contribution in [0.5, 0.6) is 0 Å². The fourth-order valence-corrected chi connectivity index (χ4v) is 2.60. The van der Waals surface area contributed by atoms with Gasteiger partial charge in [-0.05, 0) is 19.1 Å². The van der Waals surface area contributed by atoms with E-state index in [1.54, 1.807) is 19.1 Å². The Balaban J connectivity index is 2.35. The van der Waals surface area contributed by atoms with Gasteiger partial charge in [-0.3, -0.25) is 9.69 Å². The van der Waals surface area contributed by atoms with Gasteiger partial charge < -0.3 is 5.73 Å². The number of anilines is 2. The number of nitrogens with zero attached hydrogens (tertiary/aromatic N) is 2. The Labute approximate surface area is 105 Å². The maximum atomic E-state index is 11.8. The first-order valence-corrected chi connectivity index (χ1v) is 6.95. The zero-order valence-corrected chi connectivity index (χ0v) is 10.6. The van der Waals surface area contributed by atoms with Crippen molar-refractivity contribution in [2.75, 3.05) is 17.2 Å². The van der Waals surface area contributed by atoms with Crippen molar-refractivity contribution in [3.8, 4) is 0 Å². The van der Waals surface area contributed by atoms with Gasteiger partial charge in [-0.25, -0.2) is 18.5 Å². The van der Waals surface area contributed by atoms with Gasteiger partial charge in [0.1, 0.15) is 5.25 Å².